The number of benzene rings is 1. The van der Waals surface area contributed by atoms with Crippen molar-refractivity contribution >= 4 is 5.91 Å². The molecule has 0 aliphatic heterocycles. The van der Waals surface area contributed by atoms with Crippen LogP contribution in [-0.2, 0) is 11.3 Å². The number of amides is 1. The van der Waals surface area contributed by atoms with Crippen molar-refractivity contribution in [3.63, 3.8) is 0 Å². The highest BCUT2D eigenvalue weighted by Crippen LogP contribution is 2.18. The maximum absolute atomic E-state index is 12.0. The number of hydrogen-bond donors (Lipinski definition) is 1. The Hall–Kier alpha value is -3.49. The highest BCUT2D eigenvalue weighted by molar-refractivity contribution is 5.77. The molecule has 9 heteroatoms. The second kappa shape index (κ2) is 8.94. The van der Waals surface area contributed by atoms with Crippen molar-refractivity contribution in [2.75, 3.05) is 13.2 Å². The summed E-state index contributed by atoms with van der Waals surface area (Å²) in [5.74, 6) is 1.28. The van der Waals surface area contributed by atoms with Gasteiger partial charge in [-0.2, -0.15) is 5.10 Å². The summed E-state index contributed by atoms with van der Waals surface area (Å²) in [5.41, 5.74) is 0.947. The van der Waals surface area contributed by atoms with Crippen LogP contribution in [-0.4, -0.2) is 43.6 Å². The molecule has 0 aliphatic carbocycles. The Morgan fingerprint density at radius 3 is 2.64 bits per heavy atom. The number of rotatable bonds is 8. The first kappa shape index (κ1) is 19.3. The lowest BCUT2D eigenvalue weighted by Gasteiger charge is -2.10. The zero-order valence-corrected chi connectivity index (χ0v) is 15.8. The van der Waals surface area contributed by atoms with Crippen molar-refractivity contribution in [1.82, 2.24) is 29.9 Å². The number of hydrogen-bond acceptors (Lipinski definition) is 6. The minimum atomic E-state index is -0.270. The van der Waals surface area contributed by atoms with Crippen molar-refractivity contribution < 1.29 is 9.53 Å². The van der Waals surface area contributed by atoms with Crippen molar-refractivity contribution in [2.45, 2.75) is 26.3 Å². The molecule has 0 spiro atoms. The SMILES string of the molecule is CC(C)c1ccc(OCC(=O)NCCn2nc(-n3cncn3)ccc2=O)cc1. The van der Waals surface area contributed by atoms with E-state index in [1.807, 2.05) is 24.3 Å². The molecular formula is C19H22N6O3. The molecule has 0 saturated carbocycles. The van der Waals surface area contributed by atoms with Crippen LogP contribution in [0.25, 0.3) is 5.82 Å². The Kier molecular flexibility index (Phi) is 6.15. The molecular weight excluding hydrogens is 360 g/mol. The summed E-state index contributed by atoms with van der Waals surface area (Å²) in [6.45, 7) is 4.62. The van der Waals surface area contributed by atoms with E-state index in [4.69, 9.17) is 4.74 Å². The maximum atomic E-state index is 12.0. The van der Waals surface area contributed by atoms with Crippen LogP contribution in [0.4, 0.5) is 0 Å². The van der Waals surface area contributed by atoms with E-state index < -0.39 is 0 Å². The van der Waals surface area contributed by atoms with E-state index in [0.29, 0.717) is 17.5 Å². The van der Waals surface area contributed by atoms with Gasteiger partial charge in [0.25, 0.3) is 11.5 Å². The van der Waals surface area contributed by atoms with Crippen molar-refractivity contribution in [3.8, 4) is 11.6 Å². The van der Waals surface area contributed by atoms with Gasteiger partial charge in [0.15, 0.2) is 12.4 Å². The zero-order chi connectivity index (χ0) is 19.9. The molecule has 0 radical (unpaired) electrons. The van der Waals surface area contributed by atoms with E-state index in [0.717, 1.165) is 0 Å². The summed E-state index contributed by atoms with van der Waals surface area (Å²) in [7, 11) is 0. The van der Waals surface area contributed by atoms with Gasteiger partial charge in [0.1, 0.15) is 18.4 Å². The number of aromatic nitrogens is 5. The summed E-state index contributed by atoms with van der Waals surface area (Å²) >= 11 is 0. The molecule has 9 nitrogen and oxygen atoms in total. The predicted octanol–water partition coefficient (Wildman–Crippen LogP) is 1.14. The lowest BCUT2D eigenvalue weighted by atomic mass is 10.0. The molecule has 1 amide bonds. The number of carbonyl (C=O) groups is 1. The third-order valence-corrected chi connectivity index (χ3v) is 4.07. The Morgan fingerprint density at radius 1 is 1.18 bits per heavy atom. The van der Waals surface area contributed by atoms with E-state index in [-0.39, 0.29) is 31.2 Å². The second-order valence-corrected chi connectivity index (χ2v) is 6.46. The topological polar surface area (TPSA) is 104 Å². The lowest BCUT2D eigenvalue weighted by molar-refractivity contribution is -0.123. The van der Waals surface area contributed by atoms with Gasteiger partial charge < -0.3 is 10.1 Å². The van der Waals surface area contributed by atoms with Crippen LogP contribution in [0.5, 0.6) is 5.75 Å². The van der Waals surface area contributed by atoms with Gasteiger partial charge >= 0.3 is 0 Å². The third-order valence-electron chi connectivity index (χ3n) is 4.07. The summed E-state index contributed by atoms with van der Waals surface area (Å²) in [6, 6.07) is 10.6. The fourth-order valence-electron chi connectivity index (χ4n) is 2.50. The number of ether oxygens (including phenoxy) is 1. The third kappa shape index (κ3) is 5.03. The summed E-state index contributed by atoms with van der Waals surface area (Å²) in [4.78, 5) is 27.7. The average molecular weight is 382 g/mol. The molecule has 28 heavy (non-hydrogen) atoms. The van der Waals surface area contributed by atoms with Gasteiger partial charge in [0, 0.05) is 12.6 Å². The van der Waals surface area contributed by atoms with E-state index in [9.17, 15) is 9.59 Å². The first-order valence-corrected chi connectivity index (χ1v) is 8.95. The molecule has 0 aliphatic rings. The normalized spacial score (nSPS) is 10.8. The van der Waals surface area contributed by atoms with Gasteiger partial charge in [-0.15, -0.1) is 5.10 Å². The van der Waals surface area contributed by atoms with Crippen LogP contribution in [0.3, 0.4) is 0 Å². The van der Waals surface area contributed by atoms with Gasteiger partial charge in [-0.3, -0.25) is 9.59 Å². The van der Waals surface area contributed by atoms with Crippen molar-refractivity contribution in [2.24, 2.45) is 0 Å². The fraction of sp³-hybridized carbons (Fsp3) is 0.316. The molecule has 146 valence electrons. The fourth-order valence-corrected chi connectivity index (χ4v) is 2.50. The number of nitrogens with zero attached hydrogens (tertiary/aromatic N) is 5. The second-order valence-electron chi connectivity index (χ2n) is 6.46. The predicted molar refractivity (Wildman–Crippen MR) is 102 cm³/mol. The molecule has 2 heterocycles. The quantitative estimate of drug-likeness (QED) is 0.627. The minimum Gasteiger partial charge on any atom is -0.484 e. The van der Waals surface area contributed by atoms with Crippen LogP contribution < -0.4 is 15.6 Å². The Bertz CT molecular complexity index is 964. The molecule has 3 aromatic rings. The molecule has 0 atom stereocenters. The summed E-state index contributed by atoms with van der Waals surface area (Å²) in [5, 5.41) is 10.9. The maximum Gasteiger partial charge on any atom is 0.266 e. The van der Waals surface area contributed by atoms with Crippen LogP contribution >= 0.6 is 0 Å². The van der Waals surface area contributed by atoms with Gasteiger partial charge in [-0.25, -0.2) is 14.3 Å². The number of carbonyl (C=O) groups excluding carboxylic acids is 1. The Balaban J connectivity index is 1.47. The average Bonchev–Trinajstić information content (AvgIpc) is 3.23. The van der Waals surface area contributed by atoms with Gasteiger partial charge in [0.2, 0.25) is 0 Å². The molecule has 1 aromatic carbocycles. The first-order valence-electron chi connectivity index (χ1n) is 8.95. The highest BCUT2D eigenvalue weighted by atomic mass is 16.5. The van der Waals surface area contributed by atoms with E-state index in [1.54, 1.807) is 6.07 Å². The van der Waals surface area contributed by atoms with Crippen molar-refractivity contribution in [1.29, 1.82) is 0 Å². The van der Waals surface area contributed by atoms with Gasteiger partial charge in [-0.05, 0) is 29.7 Å². The lowest BCUT2D eigenvalue weighted by Crippen LogP contribution is -2.34. The standard InChI is InChI=1S/C19H22N6O3/c1-14(2)15-3-5-16(6-4-15)28-11-18(26)21-9-10-24-19(27)8-7-17(23-24)25-13-20-12-22-25/h3-8,12-14H,9-11H2,1-2H3,(H,21,26). The molecule has 0 unspecified atom stereocenters. The monoisotopic (exact) mass is 382 g/mol. The Morgan fingerprint density at radius 2 is 1.96 bits per heavy atom. The van der Waals surface area contributed by atoms with E-state index >= 15 is 0 Å². The molecule has 0 fully saturated rings. The summed E-state index contributed by atoms with van der Waals surface area (Å²) < 4.78 is 8.20. The van der Waals surface area contributed by atoms with Crippen molar-refractivity contribution in [3.05, 3.63) is 65.0 Å². The molecule has 0 bridgehead atoms. The smallest absolute Gasteiger partial charge is 0.266 e. The van der Waals surface area contributed by atoms with Gasteiger partial charge in [0.05, 0.1) is 6.54 Å². The first-order chi connectivity index (χ1) is 13.5. The Labute approximate surface area is 162 Å². The largest absolute Gasteiger partial charge is 0.484 e. The number of nitrogens with one attached hydrogen (secondary N) is 1. The molecule has 0 saturated heterocycles. The van der Waals surface area contributed by atoms with Crippen LogP contribution in [0.1, 0.15) is 25.3 Å². The molecule has 2 aromatic heterocycles. The highest BCUT2D eigenvalue weighted by Gasteiger charge is 2.06. The minimum absolute atomic E-state index is 0.0949. The van der Waals surface area contributed by atoms with E-state index in [2.05, 4.69) is 34.3 Å². The van der Waals surface area contributed by atoms with Crippen LogP contribution in [0.2, 0.25) is 0 Å². The molecule has 3 rings (SSSR count). The van der Waals surface area contributed by atoms with Gasteiger partial charge in [-0.1, -0.05) is 26.0 Å². The van der Waals surface area contributed by atoms with Crippen LogP contribution in [0, 0.1) is 0 Å². The summed E-state index contributed by atoms with van der Waals surface area (Å²) in [6.07, 6.45) is 2.87. The molecule has 1 N–H and O–H groups in total. The van der Waals surface area contributed by atoms with Crippen LogP contribution in [0.15, 0.2) is 53.8 Å². The zero-order valence-electron chi connectivity index (χ0n) is 15.8. The van der Waals surface area contributed by atoms with E-state index in [1.165, 1.54) is 33.6 Å².